The van der Waals surface area contributed by atoms with E-state index < -0.39 is 0 Å². The molecule has 0 aliphatic rings. The minimum Gasteiger partial charge on any atom is -0.508 e. The minimum atomic E-state index is 0.197. The highest BCUT2D eigenvalue weighted by molar-refractivity contribution is 5.80. The second kappa shape index (κ2) is 10.3. The van der Waals surface area contributed by atoms with Gasteiger partial charge >= 0.3 is 0 Å². The number of hydrogen-bond donors (Lipinski definition) is 1. The summed E-state index contributed by atoms with van der Waals surface area (Å²) in [5, 5.41) is 8.97. The predicted molar refractivity (Wildman–Crippen MR) is 92.6 cm³/mol. The molecule has 122 valence electrons. The summed E-state index contributed by atoms with van der Waals surface area (Å²) in [6.07, 6.45) is 2.55. The molecule has 3 heteroatoms. The molecule has 2 rings (SSSR count). The van der Waals surface area contributed by atoms with Crippen LogP contribution in [0.15, 0.2) is 54.6 Å². The Kier molecular flexibility index (Phi) is 8.37. The molecule has 1 N–H and O–H groups in total. The molecule has 2 aromatic carbocycles. The van der Waals surface area contributed by atoms with Crippen molar-refractivity contribution in [3.8, 4) is 5.75 Å². The van der Waals surface area contributed by atoms with Gasteiger partial charge in [-0.3, -0.25) is 4.79 Å². The Balaban J connectivity index is 0.000000231. The second-order valence-electron chi connectivity index (χ2n) is 5.42. The lowest BCUT2D eigenvalue weighted by molar-refractivity contribution is -0.118. The van der Waals surface area contributed by atoms with E-state index in [0.717, 1.165) is 17.5 Å². The predicted octanol–water partition coefficient (Wildman–Crippen LogP) is 4.12. The molecule has 0 fully saturated rings. The summed E-state index contributed by atoms with van der Waals surface area (Å²) in [4.78, 5) is 21.6. The van der Waals surface area contributed by atoms with E-state index in [9.17, 15) is 9.59 Å². The molecular weight excluding hydrogens is 288 g/mol. The summed E-state index contributed by atoms with van der Waals surface area (Å²) in [5.74, 6) is 0.765. The maximum absolute atomic E-state index is 11.0. The van der Waals surface area contributed by atoms with Crippen LogP contribution in [0, 0.1) is 0 Å². The fraction of sp³-hybridized carbons (Fsp3) is 0.300. The average molecular weight is 312 g/mol. The third kappa shape index (κ3) is 8.57. The van der Waals surface area contributed by atoms with E-state index >= 15 is 0 Å². The van der Waals surface area contributed by atoms with E-state index in [-0.39, 0.29) is 11.5 Å². The molecule has 0 saturated carbocycles. The van der Waals surface area contributed by atoms with Crippen molar-refractivity contribution < 1.29 is 14.7 Å². The number of Topliss-reactive ketones (excluding diaryl/α,β-unsaturated/α-hetero) is 2. The van der Waals surface area contributed by atoms with Gasteiger partial charge in [0.2, 0.25) is 0 Å². The van der Waals surface area contributed by atoms with Crippen LogP contribution in [-0.4, -0.2) is 16.7 Å². The monoisotopic (exact) mass is 312 g/mol. The Hall–Kier alpha value is -2.42. The van der Waals surface area contributed by atoms with Gasteiger partial charge in [-0.15, -0.1) is 0 Å². The van der Waals surface area contributed by atoms with Gasteiger partial charge in [0.05, 0.1) is 0 Å². The highest BCUT2D eigenvalue weighted by Crippen LogP contribution is 2.10. The van der Waals surface area contributed by atoms with Gasteiger partial charge in [0.1, 0.15) is 17.3 Å². The number of carbonyl (C=O) groups excluding carboxylic acids is 2. The lowest BCUT2D eigenvalue weighted by atomic mass is 10.1. The highest BCUT2D eigenvalue weighted by Gasteiger charge is 1.98. The molecule has 0 amide bonds. The number of benzene rings is 2. The Labute approximate surface area is 138 Å². The Morgan fingerprint density at radius 1 is 0.913 bits per heavy atom. The number of phenolic OH excluding ortho intramolecular Hbond substituents is 1. The van der Waals surface area contributed by atoms with Crippen molar-refractivity contribution in [1.29, 1.82) is 0 Å². The zero-order chi connectivity index (χ0) is 17.1. The quantitative estimate of drug-likeness (QED) is 0.873. The van der Waals surface area contributed by atoms with Gasteiger partial charge in [0.15, 0.2) is 0 Å². The summed E-state index contributed by atoms with van der Waals surface area (Å²) < 4.78 is 0. The molecule has 23 heavy (non-hydrogen) atoms. The molecule has 0 saturated heterocycles. The van der Waals surface area contributed by atoms with Gasteiger partial charge in [-0.2, -0.15) is 0 Å². The van der Waals surface area contributed by atoms with E-state index in [1.807, 2.05) is 49.4 Å². The Morgan fingerprint density at radius 3 is 2.04 bits per heavy atom. The van der Waals surface area contributed by atoms with E-state index in [0.29, 0.717) is 25.0 Å². The van der Waals surface area contributed by atoms with E-state index in [1.54, 1.807) is 19.1 Å². The van der Waals surface area contributed by atoms with Crippen LogP contribution in [-0.2, 0) is 22.4 Å². The number of aryl methyl sites for hydroxylation is 1. The Morgan fingerprint density at radius 2 is 1.52 bits per heavy atom. The summed E-state index contributed by atoms with van der Waals surface area (Å²) in [7, 11) is 0. The molecule has 0 spiro atoms. The lowest BCUT2D eigenvalue weighted by Gasteiger charge is -1.98. The lowest BCUT2D eigenvalue weighted by Crippen LogP contribution is -1.99. The highest BCUT2D eigenvalue weighted by atomic mass is 16.3. The van der Waals surface area contributed by atoms with Gasteiger partial charge < -0.3 is 9.90 Å². The van der Waals surface area contributed by atoms with Crippen molar-refractivity contribution in [1.82, 2.24) is 0 Å². The van der Waals surface area contributed by atoms with E-state index in [4.69, 9.17) is 5.11 Å². The van der Waals surface area contributed by atoms with Crippen LogP contribution in [0.4, 0.5) is 0 Å². The van der Waals surface area contributed by atoms with Gasteiger partial charge in [0.25, 0.3) is 0 Å². The smallest absolute Gasteiger partial charge is 0.136 e. The van der Waals surface area contributed by atoms with Gasteiger partial charge in [-0.25, -0.2) is 0 Å². The zero-order valence-corrected chi connectivity index (χ0v) is 13.8. The standard InChI is InChI=1S/C10H12O2.C10H12O/c1-8(11)2-3-9-4-6-10(12)7-5-9;1-2-10(11)8-9-6-4-3-5-7-9/h4-7,12H,2-3H2,1H3;3-7H,2,8H2,1H3. The third-order valence-corrected chi connectivity index (χ3v) is 3.34. The minimum absolute atomic E-state index is 0.197. The SMILES string of the molecule is CC(=O)CCc1ccc(O)cc1.CCC(=O)Cc1ccccc1. The largest absolute Gasteiger partial charge is 0.508 e. The maximum atomic E-state index is 11.0. The molecule has 0 unspecified atom stereocenters. The first-order valence-corrected chi connectivity index (χ1v) is 7.84. The first-order chi connectivity index (χ1) is 11.0. The Bertz CT molecular complexity index is 601. The van der Waals surface area contributed by atoms with E-state index in [1.165, 1.54) is 0 Å². The van der Waals surface area contributed by atoms with E-state index in [2.05, 4.69) is 0 Å². The number of carbonyl (C=O) groups is 2. The van der Waals surface area contributed by atoms with Gasteiger partial charge in [0, 0.05) is 19.3 Å². The van der Waals surface area contributed by atoms with Crippen LogP contribution >= 0.6 is 0 Å². The number of hydrogen-bond acceptors (Lipinski definition) is 3. The summed E-state index contributed by atoms with van der Waals surface area (Å²) in [6, 6.07) is 16.8. The maximum Gasteiger partial charge on any atom is 0.136 e. The van der Waals surface area contributed by atoms with Crippen molar-refractivity contribution in [2.24, 2.45) is 0 Å². The molecule has 0 aliphatic heterocycles. The molecule has 0 heterocycles. The van der Waals surface area contributed by atoms with Crippen molar-refractivity contribution in [3.05, 3.63) is 65.7 Å². The second-order valence-corrected chi connectivity index (χ2v) is 5.42. The number of ketones is 2. The molecule has 0 aromatic heterocycles. The van der Waals surface area contributed by atoms with Crippen molar-refractivity contribution in [2.75, 3.05) is 0 Å². The topological polar surface area (TPSA) is 54.4 Å². The summed E-state index contributed by atoms with van der Waals surface area (Å²) in [6.45, 7) is 3.48. The van der Waals surface area contributed by atoms with Gasteiger partial charge in [-0.1, -0.05) is 49.4 Å². The van der Waals surface area contributed by atoms with Crippen LogP contribution in [0.3, 0.4) is 0 Å². The molecule has 0 bridgehead atoms. The molecule has 3 nitrogen and oxygen atoms in total. The third-order valence-electron chi connectivity index (χ3n) is 3.34. The number of aromatic hydroxyl groups is 1. The van der Waals surface area contributed by atoms with Crippen LogP contribution in [0.1, 0.15) is 37.8 Å². The first-order valence-electron chi connectivity index (χ1n) is 7.84. The molecular formula is C20H24O3. The molecule has 2 aromatic rings. The van der Waals surface area contributed by atoms with Crippen molar-refractivity contribution in [3.63, 3.8) is 0 Å². The van der Waals surface area contributed by atoms with Crippen LogP contribution in [0.25, 0.3) is 0 Å². The first kappa shape index (κ1) is 18.6. The average Bonchev–Trinajstić information content (AvgIpc) is 2.55. The van der Waals surface area contributed by atoms with Crippen molar-refractivity contribution in [2.45, 2.75) is 39.5 Å². The van der Waals surface area contributed by atoms with Crippen LogP contribution in [0.5, 0.6) is 5.75 Å². The zero-order valence-electron chi connectivity index (χ0n) is 13.8. The molecule has 0 atom stereocenters. The van der Waals surface area contributed by atoms with Crippen LogP contribution < -0.4 is 0 Å². The fourth-order valence-electron chi connectivity index (χ4n) is 1.93. The number of phenols is 1. The van der Waals surface area contributed by atoms with Gasteiger partial charge in [-0.05, 0) is 36.6 Å². The van der Waals surface area contributed by atoms with Crippen LogP contribution in [0.2, 0.25) is 0 Å². The fourth-order valence-corrected chi connectivity index (χ4v) is 1.93. The summed E-state index contributed by atoms with van der Waals surface area (Å²) >= 11 is 0. The normalized spacial score (nSPS) is 9.65. The summed E-state index contributed by atoms with van der Waals surface area (Å²) in [5.41, 5.74) is 2.20. The number of rotatable bonds is 6. The molecule has 0 aliphatic carbocycles. The van der Waals surface area contributed by atoms with Crippen molar-refractivity contribution >= 4 is 11.6 Å². The molecule has 0 radical (unpaired) electrons.